The number of aromatic nitrogens is 1. The quantitative estimate of drug-likeness (QED) is 0.753. The smallest absolute Gasteiger partial charge is 0.133 e. The standard InChI is InChI=1S/C10H16N2O/c1-6-4-8(12-13-6)9-7(5-11)10(9,2)3/h4,7,9H,5,11H2,1-3H3/t7-,9+/m1/s1. The van der Waals surface area contributed by atoms with Crippen molar-refractivity contribution >= 4 is 0 Å². The molecule has 0 radical (unpaired) electrons. The predicted octanol–water partition coefficient (Wildman–Crippen LogP) is 1.68. The number of hydrogen-bond acceptors (Lipinski definition) is 3. The molecule has 1 aromatic heterocycles. The first kappa shape index (κ1) is 8.75. The minimum absolute atomic E-state index is 0.304. The van der Waals surface area contributed by atoms with Crippen molar-refractivity contribution < 1.29 is 4.52 Å². The van der Waals surface area contributed by atoms with Gasteiger partial charge in [-0.2, -0.15) is 0 Å². The van der Waals surface area contributed by atoms with Crippen molar-refractivity contribution in [3.8, 4) is 0 Å². The van der Waals surface area contributed by atoms with Gasteiger partial charge in [0.1, 0.15) is 5.76 Å². The van der Waals surface area contributed by atoms with Crippen LogP contribution in [-0.4, -0.2) is 11.7 Å². The largest absolute Gasteiger partial charge is 0.361 e. The SMILES string of the molecule is Cc1cc([C@@H]2[C@@H](CN)C2(C)C)no1. The van der Waals surface area contributed by atoms with Crippen LogP contribution in [0.25, 0.3) is 0 Å². The number of nitrogens with two attached hydrogens (primary N) is 1. The van der Waals surface area contributed by atoms with E-state index in [4.69, 9.17) is 10.3 Å². The van der Waals surface area contributed by atoms with E-state index in [1.807, 2.05) is 13.0 Å². The molecule has 0 unspecified atom stereocenters. The predicted molar refractivity (Wildman–Crippen MR) is 50.3 cm³/mol. The lowest BCUT2D eigenvalue weighted by Gasteiger charge is -1.97. The Bertz CT molecular complexity index is 316. The Morgan fingerprint density at radius 1 is 1.62 bits per heavy atom. The highest BCUT2D eigenvalue weighted by molar-refractivity contribution is 5.26. The number of hydrogen-bond donors (Lipinski definition) is 1. The molecule has 1 heterocycles. The van der Waals surface area contributed by atoms with Gasteiger partial charge in [0, 0.05) is 12.0 Å². The molecular formula is C10H16N2O. The normalized spacial score (nSPS) is 30.5. The molecule has 0 saturated heterocycles. The molecule has 1 aromatic rings. The van der Waals surface area contributed by atoms with Gasteiger partial charge < -0.3 is 10.3 Å². The third-order valence-corrected chi connectivity index (χ3v) is 3.27. The van der Waals surface area contributed by atoms with Crippen molar-refractivity contribution in [2.45, 2.75) is 26.7 Å². The maximum atomic E-state index is 5.69. The zero-order valence-corrected chi connectivity index (χ0v) is 8.37. The molecule has 3 heteroatoms. The van der Waals surface area contributed by atoms with Crippen LogP contribution in [0, 0.1) is 18.3 Å². The molecule has 0 aliphatic heterocycles. The van der Waals surface area contributed by atoms with E-state index in [0.29, 0.717) is 17.3 Å². The molecule has 0 bridgehead atoms. The van der Waals surface area contributed by atoms with Crippen LogP contribution in [0.1, 0.15) is 31.2 Å². The molecule has 72 valence electrons. The van der Waals surface area contributed by atoms with Crippen LogP contribution in [0.5, 0.6) is 0 Å². The monoisotopic (exact) mass is 180 g/mol. The van der Waals surface area contributed by atoms with Gasteiger partial charge in [-0.05, 0) is 24.8 Å². The summed E-state index contributed by atoms with van der Waals surface area (Å²) in [5.74, 6) is 1.94. The van der Waals surface area contributed by atoms with E-state index >= 15 is 0 Å². The van der Waals surface area contributed by atoms with Gasteiger partial charge in [0.05, 0.1) is 5.69 Å². The summed E-state index contributed by atoms with van der Waals surface area (Å²) in [6, 6.07) is 2.02. The zero-order chi connectivity index (χ0) is 9.64. The summed E-state index contributed by atoms with van der Waals surface area (Å²) >= 11 is 0. The first-order valence-corrected chi connectivity index (χ1v) is 4.70. The number of aryl methyl sites for hydroxylation is 1. The van der Waals surface area contributed by atoms with Gasteiger partial charge in [-0.3, -0.25) is 0 Å². The van der Waals surface area contributed by atoms with E-state index in [-0.39, 0.29) is 0 Å². The molecule has 1 fully saturated rings. The number of rotatable bonds is 2. The summed E-state index contributed by atoms with van der Waals surface area (Å²) in [6.45, 7) is 7.13. The molecular weight excluding hydrogens is 164 g/mol. The maximum absolute atomic E-state index is 5.69. The van der Waals surface area contributed by atoms with E-state index in [1.165, 1.54) is 0 Å². The lowest BCUT2D eigenvalue weighted by molar-refractivity contribution is 0.388. The average molecular weight is 180 g/mol. The van der Waals surface area contributed by atoms with Crippen molar-refractivity contribution in [3.05, 3.63) is 17.5 Å². The van der Waals surface area contributed by atoms with Gasteiger partial charge in [0.15, 0.2) is 0 Å². The van der Waals surface area contributed by atoms with Crippen molar-refractivity contribution in [1.82, 2.24) is 5.16 Å². The molecule has 2 atom stereocenters. The highest BCUT2D eigenvalue weighted by Crippen LogP contribution is 2.63. The fourth-order valence-corrected chi connectivity index (χ4v) is 2.30. The van der Waals surface area contributed by atoms with E-state index in [0.717, 1.165) is 18.0 Å². The molecule has 1 saturated carbocycles. The Hall–Kier alpha value is -0.830. The maximum Gasteiger partial charge on any atom is 0.133 e. The van der Waals surface area contributed by atoms with Crippen molar-refractivity contribution in [2.24, 2.45) is 17.1 Å². The average Bonchev–Trinajstić information content (AvgIpc) is 2.41. The van der Waals surface area contributed by atoms with Gasteiger partial charge >= 0.3 is 0 Å². The lowest BCUT2D eigenvalue weighted by atomic mass is 10.1. The van der Waals surface area contributed by atoms with Crippen LogP contribution in [0.2, 0.25) is 0 Å². The Labute approximate surface area is 78.3 Å². The van der Waals surface area contributed by atoms with E-state index < -0.39 is 0 Å². The Morgan fingerprint density at radius 3 is 2.69 bits per heavy atom. The fourth-order valence-electron chi connectivity index (χ4n) is 2.30. The third-order valence-electron chi connectivity index (χ3n) is 3.27. The Morgan fingerprint density at radius 2 is 2.31 bits per heavy atom. The fraction of sp³-hybridized carbons (Fsp3) is 0.700. The topological polar surface area (TPSA) is 52.0 Å². The minimum Gasteiger partial charge on any atom is -0.361 e. The second-order valence-electron chi connectivity index (χ2n) is 4.50. The van der Waals surface area contributed by atoms with Crippen LogP contribution >= 0.6 is 0 Å². The van der Waals surface area contributed by atoms with Crippen molar-refractivity contribution in [2.75, 3.05) is 6.54 Å². The minimum atomic E-state index is 0.304. The molecule has 13 heavy (non-hydrogen) atoms. The molecule has 0 spiro atoms. The van der Waals surface area contributed by atoms with Crippen LogP contribution < -0.4 is 5.73 Å². The molecule has 2 rings (SSSR count). The third kappa shape index (κ3) is 1.18. The van der Waals surface area contributed by atoms with E-state index in [2.05, 4.69) is 19.0 Å². The van der Waals surface area contributed by atoms with Gasteiger partial charge in [-0.1, -0.05) is 19.0 Å². The molecule has 3 nitrogen and oxygen atoms in total. The zero-order valence-electron chi connectivity index (χ0n) is 8.37. The summed E-state index contributed by atoms with van der Waals surface area (Å²) in [7, 11) is 0. The summed E-state index contributed by atoms with van der Waals surface area (Å²) < 4.78 is 5.06. The summed E-state index contributed by atoms with van der Waals surface area (Å²) in [6.07, 6.45) is 0. The van der Waals surface area contributed by atoms with Crippen LogP contribution in [0.15, 0.2) is 10.6 Å². The summed E-state index contributed by atoms with van der Waals surface area (Å²) in [5.41, 5.74) is 7.06. The van der Waals surface area contributed by atoms with Gasteiger partial charge in [0.25, 0.3) is 0 Å². The Kier molecular flexibility index (Phi) is 1.74. The van der Waals surface area contributed by atoms with Crippen molar-refractivity contribution in [3.63, 3.8) is 0 Å². The number of nitrogens with zero attached hydrogens (tertiary/aromatic N) is 1. The van der Waals surface area contributed by atoms with Gasteiger partial charge in [-0.15, -0.1) is 0 Å². The van der Waals surface area contributed by atoms with E-state index in [1.54, 1.807) is 0 Å². The van der Waals surface area contributed by atoms with Crippen LogP contribution in [0.4, 0.5) is 0 Å². The molecule has 1 aliphatic rings. The Balaban J connectivity index is 2.21. The van der Waals surface area contributed by atoms with Gasteiger partial charge in [-0.25, -0.2) is 0 Å². The van der Waals surface area contributed by atoms with Crippen molar-refractivity contribution in [1.29, 1.82) is 0 Å². The van der Waals surface area contributed by atoms with Gasteiger partial charge in [0.2, 0.25) is 0 Å². The molecule has 0 aromatic carbocycles. The highest BCUT2D eigenvalue weighted by Gasteiger charge is 2.58. The highest BCUT2D eigenvalue weighted by atomic mass is 16.5. The molecule has 0 amide bonds. The first-order valence-electron chi connectivity index (χ1n) is 4.70. The second-order valence-corrected chi connectivity index (χ2v) is 4.50. The lowest BCUT2D eigenvalue weighted by Crippen LogP contribution is -2.05. The van der Waals surface area contributed by atoms with E-state index in [9.17, 15) is 0 Å². The molecule has 1 aliphatic carbocycles. The van der Waals surface area contributed by atoms with Crippen LogP contribution in [-0.2, 0) is 0 Å². The summed E-state index contributed by atoms with van der Waals surface area (Å²) in [4.78, 5) is 0. The second kappa shape index (κ2) is 2.58. The van der Waals surface area contributed by atoms with Crippen LogP contribution in [0.3, 0.4) is 0 Å². The first-order chi connectivity index (χ1) is 6.07. The summed E-state index contributed by atoms with van der Waals surface area (Å²) in [5, 5.41) is 4.04. The molecule has 2 N–H and O–H groups in total.